The number of rotatable bonds is 6. The van der Waals surface area contributed by atoms with Crippen LogP contribution in [-0.4, -0.2) is 25.4 Å². The van der Waals surface area contributed by atoms with E-state index in [-0.39, 0.29) is 11.4 Å². The maximum absolute atomic E-state index is 12.4. The summed E-state index contributed by atoms with van der Waals surface area (Å²) in [6.45, 7) is 2.39. The summed E-state index contributed by atoms with van der Waals surface area (Å²) < 4.78 is 27.4. The van der Waals surface area contributed by atoms with Crippen molar-refractivity contribution < 1.29 is 8.42 Å². The lowest BCUT2D eigenvalue weighted by Crippen LogP contribution is -2.25. The standard InChI is InChI=1S/C14H18N4O2S/c1-11-16-8-7-13(18-11)10-17-21(19,20)14-6-4-3-5-12(14)9-15-2/h3-8,15,17H,9-10H2,1-2H3. The van der Waals surface area contributed by atoms with Crippen molar-refractivity contribution in [3.8, 4) is 0 Å². The van der Waals surface area contributed by atoms with Crippen LogP contribution in [0.1, 0.15) is 17.1 Å². The van der Waals surface area contributed by atoms with Crippen molar-refractivity contribution in [2.24, 2.45) is 0 Å². The number of benzene rings is 1. The Kier molecular flexibility index (Phi) is 5.00. The van der Waals surface area contributed by atoms with Crippen LogP contribution in [0.5, 0.6) is 0 Å². The topological polar surface area (TPSA) is 84.0 Å². The highest BCUT2D eigenvalue weighted by Crippen LogP contribution is 2.15. The number of nitrogens with one attached hydrogen (secondary N) is 2. The molecular weight excluding hydrogens is 288 g/mol. The maximum Gasteiger partial charge on any atom is 0.241 e. The van der Waals surface area contributed by atoms with E-state index in [1.54, 1.807) is 44.4 Å². The van der Waals surface area contributed by atoms with E-state index in [0.717, 1.165) is 5.56 Å². The molecule has 1 aromatic heterocycles. The van der Waals surface area contributed by atoms with Gasteiger partial charge in [-0.25, -0.2) is 23.1 Å². The molecule has 0 atom stereocenters. The van der Waals surface area contributed by atoms with Gasteiger partial charge in [-0.2, -0.15) is 0 Å². The minimum absolute atomic E-state index is 0.138. The summed E-state index contributed by atoms with van der Waals surface area (Å²) in [5, 5.41) is 2.96. The van der Waals surface area contributed by atoms with Gasteiger partial charge >= 0.3 is 0 Å². The molecule has 1 aromatic carbocycles. The first-order valence-electron chi connectivity index (χ1n) is 6.53. The highest BCUT2D eigenvalue weighted by atomic mass is 32.2. The summed E-state index contributed by atoms with van der Waals surface area (Å²) in [6, 6.07) is 8.61. The summed E-state index contributed by atoms with van der Waals surface area (Å²) in [5.41, 5.74) is 1.36. The molecule has 0 spiro atoms. The maximum atomic E-state index is 12.4. The van der Waals surface area contributed by atoms with E-state index < -0.39 is 10.0 Å². The molecule has 21 heavy (non-hydrogen) atoms. The van der Waals surface area contributed by atoms with Crippen LogP contribution in [-0.2, 0) is 23.1 Å². The molecule has 0 unspecified atom stereocenters. The molecule has 2 aromatic rings. The Bertz CT molecular complexity index is 716. The summed E-state index contributed by atoms with van der Waals surface area (Å²) in [5.74, 6) is 0.613. The molecule has 0 aliphatic rings. The van der Waals surface area contributed by atoms with Gasteiger partial charge in [0.15, 0.2) is 0 Å². The molecule has 6 nitrogen and oxygen atoms in total. The normalized spacial score (nSPS) is 11.5. The average Bonchev–Trinajstić information content (AvgIpc) is 2.46. The van der Waals surface area contributed by atoms with Crippen molar-refractivity contribution in [2.45, 2.75) is 24.9 Å². The summed E-state index contributed by atoms with van der Waals surface area (Å²) in [4.78, 5) is 8.45. The van der Waals surface area contributed by atoms with E-state index in [2.05, 4.69) is 20.0 Å². The van der Waals surface area contributed by atoms with Gasteiger partial charge in [-0.05, 0) is 31.7 Å². The Morgan fingerprint density at radius 1 is 1.14 bits per heavy atom. The summed E-state index contributed by atoms with van der Waals surface area (Å²) in [6.07, 6.45) is 1.61. The quantitative estimate of drug-likeness (QED) is 0.831. The van der Waals surface area contributed by atoms with Gasteiger partial charge in [0, 0.05) is 12.7 Å². The van der Waals surface area contributed by atoms with Crippen LogP contribution in [0.2, 0.25) is 0 Å². The second-order valence-electron chi connectivity index (χ2n) is 4.56. The minimum Gasteiger partial charge on any atom is -0.316 e. The fourth-order valence-corrected chi connectivity index (χ4v) is 3.19. The van der Waals surface area contributed by atoms with Gasteiger partial charge in [0.25, 0.3) is 0 Å². The third-order valence-corrected chi connectivity index (χ3v) is 4.41. The van der Waals surface area contributed by atoms with Gasteiger partial charge in [-0.15, -0.1) is 0 Å². The first-order valence-corrected chi connectivity index (χ1v) is 8.02. The molecule has 0 saturated heterocycles. The van der Waals surface area contributed by atoms with Crippen molar-refractivity contribution in [2.75, 3.05) is 7.05 Å². The smallest absolute Gasteiger partial charge is 0.241 e. The number of aryl methyl sites for hydroxylation is 1. The zero-order chi connectivity index (χ0) is 15.3. The van der Waals surface area contributed by atoms with Gasteiger partial charge in [0.1, 0.15) is 5.82 Å². The van der Waals surface area contributed by atoms with Crippen LogP contribution in [0.15, 0.2) is 41.4 Å². The molecule has 0 saturated carbocycles. The predicted octanol–water partition coefficient (Wildman–Crippen LogP) is 0.983. The zero-order valence-electron chi connectivity index (χ0n) is 12.0. The Hall–Kier alpha value is -1.83. The highest BCUT2D eigenvalue weighted by molar-refractivity contribution is 7.89. The van der Waals surface area contributed by atoms with Crippen LogP contribution in [0.4, 0.5) is 0 Å². The van der Waals surface area contributed by atoms with Crippen LogP contribution in [0.25, 0.3) is 0 Å². The number of hydrogen-bond acceptors (Lipinski definition) is 5. The molecule has 0 aliphatic heterocycles. The first-order chi connectivity index (χ1) is 10.0. The molecule has 2 N–H and O–H groups in total. The minimum atomic E-state index is -3.57. The van der Waals surface area contributed by atoms with Crippen LogP contribution < -0.4 is 10.0 Å². The number of nitrogens with zero attached hydrogens (tertiary/aromatic N) is 2. The lowest BCUT2D eigenvalue weighted by Gasteiger charge is -2.11. The van der Waals surface area contributed by atoms with Gasteiger partial charge in [-0.3, -0.25) is 0 Å². The molecule has 0 bridgehead atoms. The second kappa shape index (κ2) is 6.75. The van der Waals surface area contributed by atoms with Gasteiger partial charge in [0.2, 0.25) is 10.0 Å². The van der Waals surface area contributed by atoms with Crippen molar-refractivity contribution in [3.05, 3.63) is 53.6 Å². The molecule has 1 heterocycles. The Labute approximate surface area is 124 Å². The molecule has 0 fully saturated rings. The zero-order valence-corrected chi connectivity index (χ0v) is 12.8. The number of sulfonamides is 1. The van der Waals surface area contributed by atoms with Crippen molar-refractivity contribution in [1.29, 1.82) is 0 Å². The molecule has 2 rings (SSSR count). The average molecular weight is 306 g/mol. The molecule has 0 radical (unpaired) electrons. The fraction of sp³-hybridized carbons (Fsp3) is 0.286. The van der Waals surface area contributed by atoms with E-state index >= 15 is 0 Å². The molecular formula is C14H18N4O2S. The van der Waals surface area contributed by atoms with E-state index in [1.807, 2.05) is 6.07 Å². The van der Waals surface area contributed by atoms with Gasteiger partial charge < -0.3 is 5.32 Å². The largest absolute Gasteiger partial charge is 0.316 e. The highest BCUT2D eigenvalue weighted by Gasteiger charge is 2.17. The third kappa shape index (κ3) is 4.07. The summed E-state index contributed by atoms with van der Waals surface area (Å²) in [7, 11) is -1.80. The van der Waals surface area contributed by atoms with E-state index in [0.29, 0.717) is 18.1 Å². The first kappa shape index (κ1) is 15.6. The monoisotopic (exact) mass is 306 g/mol. The van der Waals surface area contributed by atoms with E-state index in [4.69, 9.17) is 0 Å². The summed E-state index contributed by atoms with van der Waals surface area (Å²) >= 11 is 0. The van der Waals surface area contributed by atoms with E-state index in [1.165, 1.54) is 0 Å². The van der Waals surface area contributed by atoms with Gasteiger partial charge in [-0.1, -0.05) is 18.2 Å². The molecule has 0 amide bonds. The van der Waals surface area contributed by atoms with Gasteiger partial charge in [0.05, 0.1) is 17.1 Å². The predicted molar refractivity (Wildman–Crippen MR) is 80.0 cm³/mol. The number of hydrogen-bond donors (Lipinski definition) is 2. The SMILES string of the molecule is CNCc1ccccc1S(=O)(=O)NCc1ccnc(C)n1. The van der Waals surface area contributed by atoms with Crippen LogP contribution in [0, 0.1) is 6.92 Å². The number of aromatic nitrogens is 2. The van der Waals surface area contributed by atoms with Crippen molar-refractivity contribution in [3.63, 3.8) is 0 Å². The molecule has 112 valence electrons. The molecule has 7 heteroatoms. The van der Waals surface area contributed by atoms with Crippen LogP contribution >= 0.6 is 0 Å². The molecule has 0 aliphatic carbocycles. The lowest BCUT2D eigenvalue weighted by molar-refractivity contribution is 0.578. The van der Waals surface area contributed by atoms with Crippen molar-refractivity contribution in [1.82, 2.24) is 20.0 Å². The van der Waals surface area contributed by atoms with Crippen LogP contribution in [0.3, 0.4) is 0 Å². The van der Waals surface area contributed by atoms with E-state index in [9.17, 15) is 8.42 Å². The Balaban J connectivity index is 2.19. The third-order valence-electron chi connectivity index (χ3n) is 2.91. The second-order valence-corrected chi connectivity index (χ2v) is 6.29. The van der Waals surface area contributed by atoms with Crippen molar-refractivity contribution >= 4 is 10.0 Å². The Morgan fingerprint density at radius 2 is 1.90 bits per heavy atom. The lowest BCUT2D eigenvalue weighted by atomic mass is 10.2. The fourth-order valence-electron chi connectivity index (χ4n) is 1.95. The Morgan fingerprint density at radius 3 is 2.62 bits per heavy atom.